The minimum atomic E-state index is 0.0624. The molecule has 4 heteroatoms. The molecule has 0 fully saturated rings. The van der Waals surface area contributed by atoms with Crippen LogP contribution in [0.2, 0.25) is 0 Å². The Morgan fingerprint density at radius 2 is 2.16 bits per heavy atom. The van der Waals surface area contributed by atoms with Crippen LogP contribution >= 0.6 is 11.3 Å². The third-order valence-electron chi connectivity index (χ3n) is 3.22. The van der Waals surface area contributed by atoms with Crippen LogP contribution in [0.3, 0.4) is 0 Å². The lowest BCUT2D eigenvalue weighted by Crippen LogP contribution is -1.93. The van der Waals surface area contributed by atoms with Crippen molar-refractivity contribution in [2.24, 2.45) is 7.05 Å². The first-order valence-electron chi connectivity index (χ1n) is 6.34. The lowest BCUT2D eigenvalue weighted by molar-refractivity contribution is 0.105. The fraction of sp³-hybridized carbons (Fsp3) is 0.333. The molecule has 100 valence electrons. The number of carbonyl (C=O) groups excluding carboxylic acids is 1. The third kappa shape index (κ3) is 2.84. The van der Waals surface area contributed by atoms with Crippen molar-refractivity contribution in [1.29, 1.82) is 0 Å². The molecule has 0 bridgehead atoms. The fourth-order valence-electron chi connectivity index (χ4n) is 1.97. The maximum atomic E-state index is 12.1. The van der Waals surface area contributed by atoms with E-state index >= 15 is 0 Å². The van der Waals surface area contributed by atoms with Gasteiger partial charge in [-0.25, -0.2) is 0 Å². The van der Waals surface area contributed by atoms with E-state index in [0.29, 0.717) is 0 Å². The van der Waals surface area contributed by atoms with Gasteiger partial charge in [0.05, 0.1) is 10.6 Å². The van der Waals surface area contributed by atoms with Crippen molar-refractivity contribution in [3.8, 4) is 0 Å². The van der Waals surface area contributed by atoms with E-state index in [-0.39, 0.29) is 5.78 Å². The van der Waals surface area contributed by atoms with Gasteiger partial charge in [0.1, 0.15) is 0 Å². The topological polar surface area (TPSA) is 34.9 Å². The smallest absolute Gasteiger partial charge is 0.195 e. The van der Waals surface area contributed by atoms with E-state index in [1.807, 2.05) is 43.8 Å². The summed E-state index contributed by atoms with van der Waals surface area (Å²) in [7, 11) is 1.91. The Kier molecular flexibility index (Phi) is 4.00. The van der Waals surface area contributed by atoms with Crippen LogP contribution in [0, 0.1) is 13.8 Å². The number of aromatic nitrogens is 2. The van der Waals surface area contributed by atoms with Crippen LogP contribution in [0.5, 0.6) is 0 Å². The number of aryl methyl sites for hydroxylation is 3. The summed E-state index contributed by atoms with van der Waals surface area (Å²) in [6.07, 6.45) is 4.48. The molecule has 0 saturated heterocycles. The van der Waals surface area contributed by atoms with Gasteiger partial charge in [-0.15, -0.1) is 11.3 Å². The molecule has 0 amide bonds. The molecule has 0 radical (unpaired) electrons. The monoisotopic (exact) mass is 274 g/mol. The van der Waals surface area contributed by atoms with Crippen molar-refractivity contribution in [3.63, 3.8) is 0 Å². The molecule has 19 heavy (non-hydrogen) atoms. The first-order chi connectivity index (χ1) is 9.02. The van der Waals surface area contributed by atoms with E-state index in [9.17, 15) is 4.79 Å². The summed E-state index contributed by atoms with van der Waals surface area (Å²) in [5.74, 6) is 0.0624. The molecule has 0 atom stereocenters. The van der Waals surface area contributed by atoms with Crippen molar-refractivity contribution >= 4 is 23.2 Å². The van der Waals surface area contributed by atoms with Crippen molar-refractivity contribution in [2.45, 2.75) is 27.2 Å². The standard InChI is InChI=1S/C15H18N2OS/c1-5-12-6-9-15(19-12)14(18)8-7-13-10(2)16-17(4)11(13)3/h6-9H,5H2,1-4H3/b8-7+. The second-order valence-corrected chi connectivity index (χ2v) is 5.69. The number of allylic oxidation sites excluding steroid dienone is 1. The van der Waals surface area contributed by atoms with Gasteiger partial charge in [0.25, 0.3) is 0 Å². The summed E-state index contributed by atoms with van der Waals surface area (Å²) < 4.78 is 1.83. The lowest BCUT2D eigenvalue weighted by atomic mass is 10.1. The molecule has 2 rings (SSSR count). The highest BCUT2D eigenvalue weighted by Gasteiger charge is 2.08. The highest BCUT2D eigenvalue weighted by Crippen LogP contribution is 2.19. The Morgan fingerprint density at radius 3 is 2.68 bits per heavy atom. The van der Waals surface area contributed by atoms with Crippen LogP contribution in [0.1, 0.15) is 38.4 Å². The van der Waals surface area contributed by atoms with Gasteiger partial charge in [0.15, 0.2) is 5.78 Å². The molecule has 0 spiro atoms. The van der Waals surface area contributed by atoms with E-state index in [2.05, 4.69) is 12.0 Å². The maximum Gasteiger partial charge on any atom is 0.195 e. The average molecular weight is 274 g/mol. The second kappa shape index (κ2) is 5.53. The number of carbonyl (C=O) groups is 1. The van der Waals surface area contributed by atoms with Gasteiger partial charge >= 0.3 is 0 Å². The van der Waals surface area contributed by atoms with Crippen molar-refractivity contribution in [3.05, 3.63) is 44.9 Å². The zero-order valence-electron chi connectivity index (χ0n) is 11.7. The first kappa shape index (κ1) is 13.7. The molecular formula is C15H18N2OS. The van der Waals surface area contributed by atoms with Gasteiger partial charge in [-0.05, 0) is 44.6 Å². The van der Waals surface area contributed by atoms with Crippen molar-refractivity contribution in [2.75, 3.05) is 0 Å². The number of rotatable bonds is 4. The minimum Gasteiger partial charge on any atom is -0.288 e. The second-order valence-electron chi connectivity index (χ2n) is 4.53. The summed E-state index contributed by atoms with van der Waals surface area (Å²) in [6.45, 7) is 6.06. The molecule has 3 nitrogen and oxygen atoms in total. The number of hydrogen-bond donors (Lipinski definition) is 0. The summed E-state index contributed by atoms with van der Waals surface area (Å²) in [6, 6.07) is 3.92. The molecule has 0 aliphatic rings. The SMILES string of the molecule is CCc1ccc(C(=O)/C=C/c2c(C)nn(C)c2C)s1. The first-order valence-corrected chi connectivity index (χ1v) is 7.16. The molecule has 2 heterocycles. The van der Waals surface area contributed by atoms with E-state index in [1.54, 1.807) is 17.4 Å². The Morgan fingerprint density at radius 1 is 1.42 bits per heavy atom. The highest BCUT2D eigenvalue weighted by atomic mass is 32.1. The van der Waals surface area contributed by atoms with Gasteiger partial charge in [0.2, 0.25) is 0 Å². The van der Waals surface area contributed by atoms with Gasteiger partial charge in [-0.1, -0.05) is 6.92 Å². The molecule has 0 N–H and O–H groups in total. The molecule has 0 saturated carbocycles. The van der Waals surface area contributed by atoms with Crippen LogP contribution in [0.25, 0.3) is 6.08 Å². The molecule has 2 aromatic rings. The predicted molar refractivity (Wildman–Crippen MR) is 79.7 cm³/mol. The Bertz CT molecular complexity index is 635. The molecule has 0 unspecified atom stereocenters. The number of thiophene rings is 1. The predicted octanol–water partition coefficient (Wildman–Crippen LogP) is 3.56. The van der Waals surface area contributed by atoms with Gasteiger partial charge < -0.3 is 0 Å². The highest BCUT2D eigenvalue weighted by molar-refractivity contribution is 7.14. The van der Waals surface area contributed by atoms with Crippen LogP contribution in [-0.4, -0.2) is 15.6 Å². The van der Waals surface area contributed by atoms with Gasteiger partial charge in [-0.2, -0.15) is 5.10 Å². The molecule has 0 aromatic carbocycles. The Balaban J connectivity index is 2.20. The number of hydrogen-bond acceptors (Lipinski definition) is 3. The summed E-state index contributed by atoms with van der Waals surface area (Å²) in [4.78, 5) is 14.1. The third-order valence-corrected chi connectivity index (χ3v) is 4.46. The molecular weight excluding hydrogens is 256 g/mol. The van der Waals surface area contributed by atoms with Crippen LogP contribution < -0.4 is 0 Å². The van der Waals surface area contributed by atoms with Crippen LogP contribution in [0.15, 0.2) is 18.2 Å². The summed E-state index contributed by atoms with van der Waals surface area (Å²) in [5, 5.41) is 4.34. The quantitative estimate of drug-likeness (QED) is 0.631. The summed E-state index contributed by atoms with van der Waals surface area (Å²) >= 11 is 1.57. The van der Waals surface area contributed by atoms with E-state index in [1.165, 1.54) is 4.88 Å². The molecule has 2 aromatic heterocycles. The number of nitrogens with zero attached hydrogens (tertiary/aromatic N) is 2. The lowest BCUT2D eigenvalue weighted by Gasteiger charge is -1.94. The minimum absolute atomic E-state index is 0.0624. The Hall–Kier alpha value is -1.68. The molecule has 0 aliphatic carbocycles. The zero-order valence-corrected chi connectivity index (χ0v) is 12.5. The van der Waals surface area contributed by atoms with E-state index in [0.717, 1.165) is 28.2 Å². The van der Waals surface area contributed by atoms with E-state index < -0.39 is 0 Å². The van der Waals surface area contributed by atoms with Crippen LogP contribution in [0.4, 0.5) is 0 Å². The molecule has 0 aliphatic heterocycles. The zero-order chi connectivity index (χ0) is 14.0. The van der Waals surface area contributed by atoms with E-state index in [4.69, 9.17) is 0 Å². The average Bonchev–Trinajstić information content (AvgIpc) is 2.94. The van der Waals surface area contributed by atoms with Crippen LogP contribution in [-0.2, 0) is 13.5 Å². The summed E-state index contributed by atoms with van der Waals surface area (Å²) in [5.41, 5.74) is 3.05. The maximum absolute atomic E-state index is 12.1. The Labute approximate surface area is 117 Å². The largest absolute Gasteiger partial charge is 0.288 e. The van der Waals surface area contributed by atoms with Crippen molar-refractivity contribution < 1.29 is 4.79 Å². The van der Waals surface area contributed by atoms with Gasteiger partial charge in [0, 0.05) is 23.2 Å². The van der Waals surface area contributed by atoms with Gasteiger partial charge in [-0.3, -0.25) is 9.48 Å². The normalized spacial score (nSPS) is 11.4. The van der Waals surface area contributed by atoms with Crippen molar-refractivity contribution in [1.82, 2.24) is 9.78 Å². The fourth-order valence-corrected chi connectivity index (χ4v) is 2.84. The number of ketones is 1.